The van der Waals surface area contributed by atoms with Crippen LogP contribution in [0.4, 0.5) is 5.69 Å². The second kappa shape index (κ2) is 6.89. The maximum Gasteiger partial charge on any atom is 0.234 e. The Morgan fingerprint density at radius 3 is 3.06 bits per heavy atom. The molecule has 1 aliphatic rings. The summed E-state index contributed by atoms with van der Waals surface area (Å²) in [6.07, 6.45) is 3.00. The molecular weight excluding hydrogens is 256 g/mol. The van der Waals surface area contributed by atoms with Crippen LogP contribution in [0.5, 0.6) is 0 Å². The first-order valence-corrected chi connectivity index (χ1v) is 6.80. The highest BCUT2D eigenvalue weighted by Crippen LogP contribution is 2.19. The highest BCUT2D eigenvalue weighted by Gasteiger charge is 2.09. The molecule has 0 unspecified atom stereocenters. The molecule has 0 radical (unpaired) electrons. The van der Waals surface area contributed by atoms with E-state index in [1.54, 1.807) is 0 Å². The smallest absolute Gasteiger partial charge is 0.234 e. The molecule has 0 spiro atoms. The molecule has 1 amide bonds. The van der Waals surface area contributed by atoms with Crippen molar-refractivity contribution in [2.75, 3.05) is 23.9 Å². The van der Waals surface area contributed by atoms with E-state index < -0.39 is 0 Å². The number of rotatable bonds is 3. The van der Waals surface area contributed by atoms with Gasteiger partial charge in [-0.15, -0.1) is 12.4 Å². The fraction of sp³-hybridized carbons (Fsp3) is 0.417. The fourth-order valence-electron chi connectivity index (χ4n) is 1.89. The van der Waals surface area contributed by atoms with E-state index in [0.29, 0.717) is 5.75 Å². The second-order valence-electron chi connectivity index (χ2n) is 3.89. The van der Waals surface area contributed by atoms with Gasteiger partial charge in [-0.25, -0.2) is 0 Å². The van der Waals surface area contributed by atoms with Gasteiger partial charge in [0.25, 0.3) is 0 Å². The third kappa shape index (κ3) is 3.91. The van der Waals surface area contributed by atoms with Gasteiger partial charge in [-0.1, -0.05) is 6.07 Å². The highest BCUT2D eigenvalue weighted by atomic mass is 35.5. The van der Waals surface area contributed by atoms with E-state index in [0.717, 1.165) is 25.2 Å². The van der Waals surface area contributed by atoms with E-state index >= 15 is 0 Å². The normalized spacial score (nSPS) is 13.5. The third-order valence-corrected chi connectivity index (χ3v) is 3.20. The molecule has 0 saturated heterocycles. The Labute approximate surface area is 112 Å². The van der Waals surface area contributed by atoms with Crippen molar-refractivity contribution < 1.29 is 4.79 Å². The average molecular weight is 273 g/mol. The molecule has 1 heterocycles. The van der Waals surface area contributed by atoms with Crippen molar-refractivity contribution in [3.05, 3.63) is 29.3 Å². The number of carbonyl (C=O) groups excluding carboxylic acids is 1. The number of amides is 1. The molecule has 1 aliphatic heterocycles. The standard InChI is InChI=1S/C12H16N2OS.ClH/c1-16-8-12(15)14-11-3-2-9-4-5-13-7-10(9)6-11;/h2-3,6,13H,4-5,7-8H2,1H3,(H,14,15);1H. The lowest BCUT2D eigenvalue weighted by Gasteiger charge is -2.18. The van der Waals surface area contributed by atoms with Crippen LogP contribution in [0.15, 0.2) is 18.2 Å². The summed E-state index contributed by atoms with van der Waals surface area (Å²) in [4.78, 5) is 11.4. The zero-order chi connectivity index (χ0) is 11.4. The van der Waals surface area contributed by atoms with Gasteiger partial charge in [0.2, 0.25) is 5.91 Å². The quantitative estimate of drug-likeness (QED) is 0.885. The Balaban J connectivity index is 0.00000144. The second-order valence-corrected chi connectivity index (χ2v) is 4.76. The summed E-state index contributed by atoms with van der Waals surface area (Å²) in [5.41, 5.74) is 3.59. The van der Waals surface area contributed by atoms with Crippen LogP contribution in [0.25, 0.3) is 0 Å². The van der Waals surface area contributed by atoms with Crippen molar-refractivity contribution in [3.63, 3.8) is 0 Å². The molecule has 0 bridgehead atoms. The molecule has 0 saturated carbocycles. The van der Waals surface area contributed by atoms with E-state index in [1.807, 2.05) is 12.3 Å². The number of halogens is 1. The van der Waals surface area contributed by atoms with Crippen molar-refractivity contribution in [2.24, 2.45) is 0 Å². The van der Waals surface area contributed by atoms with E-state index in [1.165, 1.54) is 22.9 Å². The molecule has 0 atom stereocenters. The SMILES string of the molecule is CSCC(=O)Nc1ccc2c(c1)CNCC2.Cl. The number of fused-ring (bicyclic) bond motifs is 1. The minimum absolute atomic E-state index is 0. The zero-order valence-corrected chi connectivity index (χ0v) is 11.4. The summed E-state index contributed by atoms with van der Waals surface area (Å²) in [6.45, 7) is 1.95. The van der Waals surface area contributed by atoms with Gasteiger partial charge in [0.15, 0.2) is 0 Å². The van der Waals surface area contributed by atoms with E-state index in [2.05, 4.69) is 22.8 Å². The topological polar surface area (TPSA) is 41.1 Å². The van der Waals surface area contributed by atoms with Crippen LogP contribution < -0.4 is 10.6 Å². The van der Waals surface area contributed by atoms with Crippen molar-refractivity contribution >= 4 is 35.8 Å². The van der Waals surface area contributed by atoms with Gasteiger partial charge >= 0.3 is 0 Å². The minimum Gasteiger partial charge on any atom is -0.325 e. The Bertz CT molecular complexity index is 398. The van der Waals surface area contributed by atoms with Crippen LogP contribution in [0.2, 0.25) is 0 Å². The van der Waals surface area contributed by atoms with Crippen molar-refractivity contribution in [1.82, 2.24) is 5.32 Å². The third-order valence-electron chi connectivity index (χ3n) is 2.65. The maximum atomic E-state index is 11.4. The molecule has 2 rings (SSSR count). The summed E-state index contributed by atoms with van der Waals surface area (Å²) in [5, 5.41) is 6.24. The van der Waals surface area contributed by atoms with Gasteiger partial charge in [0.1, 0.15) is 0 Å². The summed E-state index contributed by atoms with van der Waals surface area (Å²) in [5.74, 6) is 0.575. The van der Waals surface area contributed by atoms with E-state index in [-0.39, 0.29) is 18.3 Å². The van der Waals surface area contributed by atoms with Gasteiger partial charge in [-0.05, 0) is 42.5 Å². The Hall–Kier alpha value is -0.710. The molecule has 1 aromatic rings. The van der Waals surface area contributed by atoms with Gasteiger partial charge in [0, 0.05) is 12.2 Å². The molecule has 5 heteroatoms. The largest absolute Gasteiger partial charge is 0.325 e. The number of nitrogens with one attached hydrogen (secondary N) is 2. The van der Waals surface area contributed by atoms with Gasteiger partial charge in [-0.3, -0.25) is 4.79 Å². The van der Waals surface area contributed by atoms with Gasteiger partial charge in [0.05, 0.1) is 5.75 Å². The van der Waals surface area contributed by atoms with Crippen molar-refractivity contribution in [2.45, 2.75) is 13.0 Å². The van der Waals surface area contributed by atoms with Crippen LogP contribution in [0.1, 0.15) is 11.1 Å². The molecule has 0 aromatic heterocycles. The summed E-state index contributed by atoms with van der Waals surface area (Å²) in [7, 11) is 0. The number of carbonyl (C=O) groups is 1. The predicted molar refractivity (Wildman–Crippen MR) is 76.1 cm³/mol. The predicted octanol–water partition coefficient (Wildman–Crippen LogP) is 2.06. The maximum absolute atomic E-state index is 11.4. The zero-order valence-electron chi connectivity index (χ0n) is 9.79. The number of benzene rings is 1. The lowest BCUT2D eigenvalue weighted by Crippen LogP contribution is -2.24. The monoisotopic (exact) mass is 272 g/mol. The van der Waals surface area contributed by atoms with Crippen LogP contribution in [-0.2, 0) is 17.8 Å². The van der Waals surface area contributed by atoms with Gasteiger partial charge in [-0.2, -0.15) is 11.8 Å². The number of hydrogen-bond donors (Lipinski definition) is 2. The molecular formula is C12H17ClN2OS. The van der Waals surface area contributed by atoms with Gasteiger partial charge < -0.3 is 10.6 Å². The number of anilines is 1. The van der Waals surface area contributed by atoms with Crippen LogP contribution >= 0.6 is 24.2 Å². The first-order valence-electron chi connectivity index (χ1n) is 5.41. The molecule has 1 aromatic carbocycles. The Morgan fingerprint density at radius 2 is 2.29 bits per heavy atom. The van der Waals surface area contributed by atoms with Crippen LogP contribution in [-0.4, -0.2) is 24.5 Å². The van der Waals surface area contributed by atoms with E-state index in [9.17, 15) is 4.79 Å². The summed E-state index contributed by atoms with van der Waals surface area (Å²) in [6, 6.07) is 6.17. The summed E-state index contributed by atoms with van der Waals surface area (Å²) >= 11 is 1.53. The Kier molecular flexibility index (Phi) is 5.82. The minimum atomic E-state index is 0. The van der Waals surface area contributed by atoms with Crippen LogP contribution in [0, 0.1) is 0 Å². The van der Waals surface area contributed by atoms with E-state index in [4.69, 9.17) is 0 Å². The lowest BCUT2D eigenvalue weighted by molar-refractivity contribution is -0.113. The first kappa shape index (κ1) is 14.4. The molecule has 0 aliphatic carbocycles. The average Bonchev–Trinajstić information content (AvgIpc) is 2.29. The molecule has 0 fully saturated rings. The Morgan fingerprint density at radius 1 is 1.47 bits per heavy atom. The van der Waals surface area contributed by atoms with Crippen molar-refractivity contribution in [1.29, 1.82) is 0 Å². The molecule has 2 N–H and O–H groups in total. The fourth-order valence-corrected chi connectivity index (χ4v) is 2.22. The molecule has 17 heavy (non-hydrogen) atoms. The molecule has 94 valence electrons. The highest BCUT2D eigenvalue weighted by molar-refractivity contribution is 7.99. The molecule has 3 nitrogen and oxygen atoms in total. The number of thioether (sulfide) groups is 1. The summed E-state index contributed by atoms with van der Waals surface area (Å²) < 4.78 is 0. The van der Waals surface area contributed by atoms with Crippen LogP contribution in [0.3, 0.4) is 0 Å². The number of hydrogen-bond acceptors (Lipinski definition) is 3. The lowest BCUT2D eigenvalue weighted by atomic mass is 10.0. The van der Waals surface area contributed by atoms with Crippen molar-refractivity contribution in [3.8, 4) is 0 Å². The first-order chi connectivity index (χ1) is 7.79.